The average Bonchev–Trinajstić information content (AvgIpc) is 2.32. The summed E-state index contributed by atoms with van der Waals surface area (Å²) >= 11 is 0. The second-order valence-electron chi connectivity index (χ2n) is 4.75. The van der Waals surface area contributed by atoms with Crippen LogP contribution >= 0.6 is 0 Å². The number of nitrogens with two attached hydrogens (primary N) is 2. The monoisotopic (exact) mass is 249 g/mol. The number of primary amides is 1. The number of anilines is 2. The van der Waals surface area contributed by atoms with E-state index < -0.39 is 5.91 Å². The highest BCUT2D eigenvalue weighted by molar-refractivity contribution is 6.00. The summed E-state index contributed by atoms with van der Waals surface area (Å²) in [5.41, 5.74) is 13.0. The maximum absolute atomic E-state index is 11.3. The number of carbonyl (C=O) groups excluding carboxylic acids is 1. The van der Waals surface area contributed by atoms with Crippen LogP contribution < -0.4 is 16.4 Å². The van der Waals surface area contributed by atoms with Gasteiger partial charge in [0.15, 0.2) is 0 Å². The largest absolute Gasteiger partial charge is 0.396 e. The molecule has 4 N–H and O–H groups in total. The first-order valence-electron chi connectivity index (χ1n) is 6.07. The molecular weight excluding hydrogens is 230 g/mol. The van der Waals surface area contributed by atoms with Gasteiger partial charge in [0.05, 0.1) is 29.6 Å². The van der Waals surface area contributed by atoms with Gasteiger partial charge < -0.3 is 21.1 Å². The molecule has 1 fully saturated rings. The molecule has 1 aliphatic heterocycles. The molecule has 1 aromatic carbocycles. The molecule has 18 heavy (non-hydrogen) atoms. The minimum absolute atomic E-state index is 0.151. The molecule has 2 unspecified atom stereocenters. The Kier molecular flexibility index (Phi) is 3.43. The Bertz CT molecular complexity index is 462. The van der Waals surface area contributed by atoms with Crippen molar-refractivity contribution >= 4 is 17.3 Å². The smallest absolute Gasteiger partial charge is 0.250 e. The van der Waals surface area contributed by atoms with Crippen LogP contribution in [0.15, 0.2) is 18.2 Å². The first-order valence-corrected chi connectivity index (χ1v) is 6.07. The molecule has 98 valence electrons. The molecule has 0 saturated carbocycles. The molecule has 5 heteroatoms. The zero-order chi connectivity index (χ0) is 13.3. The van der Waals surface area contributed by atoms with E-state index in [0.29, 0.717) is 17.9 Å². The lowest BCUT2D eigenvalue weighted by Crippen LogP contribution is -2.47. The Hall–Kier alpha value is -1.75. The highest BCUT2D eigenvalue weighted by atomic mass is 16.5. The number of benzene rings is 1. The lowest BCUT2D eigenvalue weighted by Gasteiger charge is -2.39. The van der Waals surface area contributed by atoms with Crippen molar-refractivity contribution in [2.75, 3.05) is 23.8 Å². The van der Waals surface area contributed by atoms with Crippen LogP contribution in [0.25, 0.3) is 0 Å². The quantitative estimate of drug-likeness (QED) is 0.765. The fourth-order valence-corrected chi connectivity index (χ4v) is 2.26. The van der Waals surface area contributed by atoms with Crippen LogP contribution in [0.5, 0.6) is 0 Å². The van der Waals surface area contributed by atoms with E-state index in [9.17, 15) is 4.79 Å². The fraction of sp³-hybridized carbons (Fsp3) is 0.462. The summed E-state index contributed by atoms with van der Waals surface area (Å²) in [6.07, 6.45) is 0.151. The number of carbonyl (C=O) groups is 1. The minimum Gasteiger partial charge on any atom is -0.396 e. The summed E-state index contributed by atoms with van der Waals surface area (Å²) in [5.74, 6) is -0.497. The summed E-state index contributed by atoms with van der Waals surface area (Å²) in [6.45, 7) is 5.50. The van der Waals surface area contributed by atoms with Gasteiger partial charge in [0.2, 0.25) is 0 Å². The lowest BCUT2D eigenvalue weighted by molar-refractivity contribution is 0.0344. The summed E-state index contributed by atoms with van der Waals surface area (Å²) in [5, 5.41) is 0. The highest BCUT2D eigenvalue weighted by Crippen LogP contribution is 2.30. The van der Waals surface area contributed by atoms with Gasteiger partial charge in [-0.05, 0) is 26.0 Å². The number of ether oxygens (including phenoxy) is 1. The van der Waals surface area contributed by atoms with Crippen LogP contribution in [0.4, 0.5) is 11.4 Å². The Labute approximate surface area is 107 Å². The van der Waals surface area contributed by atoms with Crippen molar-refractivity contribution in [2.24, 2.45) is 5.73 Å². The summed E-state index contributed by atoms with van der Waals surface area (Å²) in [4.78, 5) is 13.5. The van der Waals surface area contributed by atoms with Gasteiger partial charge in [0, 0.05) is 12.6 Å². The van der Waals surface area contributed by atoms with Crippen LogP contribution in [0.2, 0.25) is 0 Å². The molecule has 0 radical (unpaired) electrons. The predicted octanol–water partition coefficient (Wildman–Crippen LogP) is 0.981. The molecule has 0 bridgehead atoms. The van der Waals surface area contributed by atoms with E-state index in [1.54, 1.807) is 12.1 Å². The van der Waals surface area contributed by atoms with Crippen LogP contribution in [-0.4, -0.2) is 31.2 Å². The number of rotatable bonds is 2. The maximum Gasteiger partial charge on any atom is 0.250 e. The van der Waals surface area contributed by atoms with Crippen molar-refractivity contribution in [3.05, 3.63) is 23.8 Å². The third-order valence-electron chi connectivity index (χ3n) is 3.27. The van der Waals surface area contributed by atoms with E-state index in [4.69, 9.17) is 16.2 Å². The van der Waals surface area contributed by atoms with Crippen molar-refractivity contribution in [3.63, 3.8) is 0 Å². The number of hydrogen-bond donors (Lipinski definition) is 2. The molecule has 2 atom stereocenters. The highest BCUT2D eigenvalue weighted by Gasteiger charge is 2.25. The molecule has 0 aromatic heterocycles. The van der Waals surface area contributed by atoms with Crippen molar-refractivity contribution < 1.29 is 9.53 Å². The first kappa shape index (κ1) is 12.7. The second-order valence-corrected chi connectivity index (χ2v) is 4.75. The number of morpholine rings is 1. The number of para-hydroxylation sites is 1. The first-order chi connectivity index (χ1) is 8.50. The Morgan fingerprint density at radius 1 is 1.44 bits per heavy atom. The normalized spacial score (nSPS) is 24.0. The van der Waals surface area contributed by atoms with Crippen molar-refractivity contribution in [1.82, 2.24) is 0 Å². The van der Waals surface area contributed by atoms with Crippen LogP contribution in [0, 0.1) is 0 Å². The van der Waals surface area contributed by atoms with E-state index in [-0.39, 0.29) is 12.1 Å². The zero-order valence-electron chi connectivity index (χ0n) is 10.7. The molecular formula is C13H19N3O2. The fourth-order valence-electron chi connectivity index (χ4n) is 2.26. The van der Waals surface area contributed by atoms with E-state index in [0.717, 1.165) is 12.2 Å². The lowest BCUT2D eigenvalue weighted by atomic mass is 10.1. The maximum atomic E-state index is 11.3. The standard InChI is InChI=1S/C13H19N3O2/c1-8-7-18-9(2)6-16(8)11-5-3-4-10(12(11)14)13(15)17/h3-5,8-9H,6-7,14H2,1-2H3,(H2,15,17). The molecule has 0 aliphatic carbocycles. The molecule has 1 aliphatic rings. The van der Waals surface area contributed by atoms with Gasteiger partial charge in [-0.25, -0.2) is 0 Å². The van der Waals surface area contributed by atoms with Gasteiger partial charge in [-0.2, -0.15) is 0 Å². The molecule has 0 spiro atoms. The number of amides is 1. The van der Waals surface area contributed by atoms with Crippen molar-refractivity contribution in [3.8, 4) is 0 Å². The van der Waals surface area contributed by atoms with Gasteiger partial charge in [-0.3, -0.25) is 4.79 Å². The van der Waals surface area contributed by atoms with Gasteiger partial charge in [0.1, 0.15) is 0 Å². The minimum atomic E-state index is -0.497. The Balaban J connectivity index is 2.38. The van der Waals surface area contributed by atoms with Crippen LogP contribution in [0.1, 0.15) is 24.2 Å². The zero-order valence-corrected chi connectivity index (χ0v) is 10.7. The average molecular weight is 249 g/mol. The molecule has 1 heterocycles. The Morgan fingerprint density at radius 3 is 2.83 bits per heavy atom. The molecule has 1 amide bonds. The number of nitrogen functional groups attached to an aromatic ring is 1. The summed E-state index contributed by atoms with van der Waals surface area (Å²) in [7, 11) is 0. The van der Waals surface area contributed by atoms with E-state index in [1.807, 2.05) is 13.0 Å². The third kappa shape index (κ3) is 2.26. The van der Waals surface area contributed by atoms with Crippen LogP contribution in [0.3, 0.4) is 0 Å². The van der Waals surface area contributed by atoms with Crippen molar-refractivity contribution in [2.45, 2.75) is 26.0 Å². The van der Waals surface area contributed by atoms with Crippen LogP contribution in [-0.2, 0) is 4.74 Å². The van der Waals surface area contributed by atoms with E-state index in [1.165, 1.54) is 0 Å². The SMILES string of the molecule is CC1CN(c2cccc(C(N)=O)c2N)C(C)CO1. The number of nitrogens with zero attached hydrogens (tertiary/aromatic N) is 1. The van der Waals surface area contributed by atoms with E-state index >= 15 is 0 Å². The summed E-state index contributed by atoms with van der Waals surface area (Å²) < 4.78 is 5.59. The molecule has 1 aromatic rings. The number of hydrogen-bond acceptors (Lipinski definition) is 4. The van der Waals surface area contributed by atoms with Crippen molar-refractivity contribution in [1.29, 1.82) is 0 Å². The molecule has 1 saturated heterocycles. The van der Waals surface area contributed by atoms with Gasteiger partial charge in [0.25, 0.3) is 5.91 Å². The summed E-state index contributed by atoms with van der Waals surface area (Å²) in [6, 6.07) is 5.59. The molecule has 2 rings (SSSR count). The Morgan fingerprint density at radius 2 is 2.17 bits per heavy atom. The molecule has 5 nitrogen and oxygen atoms in total. The third-order valence-corrected chi connectivity index (χ3v) is 3.27. The van der Waals surface area contributed by atoms with Gasteiger partial charge in [-0.1, -0.05) is 6.07 Å². The second kappa shape index (κ2) is 4.86. The van der Waals surface area contributed by atoms with E-state index in [2.05, 4.69) is 11.8 Å². The topological polar surface area (TPSA) is 81.6 Å². The van der Waals surface area contributed by atoms with Gasteiger partial charge in [-0.15, -0.1) is 0 Å². The predicted molar refractivity (Wildman–Crippen MR) is 71.6 cm³/mol. The van der Waals surface area contributed by atoms with Gasteiger partial charge >= 0.3 is 0 Å².